The van der Waals surface area contributed by atoms with Crippen LogP contribution in [0.25, 0.3) is 0 Å². The highest BCUT2D eigenvalue weighted by Crippen LogP contribution is 2.20. The molecular weight excluding hydrogens is 192 g/mol. The average molecular weight is 208 g/mol. The van der Waals surface area contributed by atoms with Crippen molar-refractivity contribution in [3.05, 3.63) is 0 Å². The first-order chi connectivity index (χ1) is 6.01. The molecule has 0 aromatic rings. The van der Waals surface area contributed by atoms with Crippen molar-refractivity contribution in [1.29, 1.82) is 0 Å². The van der Waals surface area contributed by atoms with Crippen LogP contribution in [0.3, 0.4) is 0 Å². The monoisotopic (exact) mass is 208 g/mol. The van der Waals surface area contributed by atoms with Crippen LogP contribution in [-0.2, 0) is 19.0 Å². The predicted molar refractivity (Wildman–Crippen MR) is 49.0 cm³/mol. The molecule has 0 N–H and O–H groups in total. The Kier molecular flexibility index (Phi) is 3.70. The summed E-state index contributed by atoms with van der Waals surface area (Å²) in [7, 11) is -3.33. The first-order valence-corrected chi connectivity index (χ1v) is 6.32. The maximum atomic E-state index is 10.8. The smallest absolute Gasteiger partial charge is 0.264 e. The molecule has 0 aromatic heterocycles. The Morgan fingerprint density at radius 2 is 2.23 bits per heavy atom. The molecule has 4 nitrogen and oxygen atoms in total. The second kappa shape index (κ2) is 4.39. The molecule has 1 fully saturated rings. The minimum absolute atomic E-state index is 0.178. The molecule has 1 heterocycles. The van der Waals surface area contributed by atoms with Gasteiger partial charge in [0.2, 0.25) is 0 Å². The van der Waals surface area contributed by atoms with Gasteiger partial charge in [-0.1, -0.05) is 13.3 Å². The predicted octanol–water partition coefficient (Wildman–Crippen LogP) is 0.920. The van der Waals surface area contributed by atoms with E-state index in [0.29, 0.717) is 13.0 Å². The van der Waals surface area contributed by atoms with Crippen LogP contribution in [0.15, 0.2) is 0 Å². The molecule has 0 saturated carbocycles. The zero-order chi connectivity index (χ0) is 9.90. The van der Waals surface area contributed by atoms with Crippen LogP contribution in [0, 0.1) is 0 Å². The van der Waals surface area contributed by atoms with Crippen LogP contribution >= 0.6 is 0 Å². The number of hydrogen-bond donors (Lipinski definition) is 0. The minimum atomic E-state index is -3.33. The molecule has 1 rings (SSSR count). The quantitative estimate of drug-likeness (QED) is 0.645. The summed E-state index contributed by atoms with van der Waals surface area (Å²) in [6.45, 7) is 2.48. The van der Waals surface area contributed by atoms with Gasteiger partial charge >= 0.3 is 0 Å². The van der Waals surface area contributed by atoms with Crippen LogP contribution in [-0.4, -0.2) is 33.5 Å². The Morgan fingerprint density at radius 1 is 1.54 bits per heavy atom. The number of ether oxygens (including phenoxy) is 1. The maximum Gasteiger partial charge on any atom is 0.264 e. The molecule has 5 heteroatoms. The van der Waals surface area contributed by atoms with Crippen molar-refractivity contribution in [1.82, 2.24) is 0 Å². The molecule has 1 saturated heterocycles. The SMILES string of the molecule is CCCC1CC(OS(C)(=O)=O)CO1. The van der Waals surface area contributed by atoms with Crippen LogP contribution in [0.2, 0.25) is 0 Å². The van der Waals surface area contributed by atoms with Gasteiger partial charge in [0.05, 0.1) is 19.0 Å². The normalized spacial score (nSPS) is 29.4. The summed E-state index contributed by atoms with van der Waals surface area (Å²) in [6, 6.07) is 0. The Bertz CT molecular complexity index is 247. The van der Waals surface area contributed by atoms with Gasteiger partial charge in [-0.15, -0.1) is 0 Å². The van der Waals surface area contributed by atoms with Gasteiger partial charge in [-0.3, -0.25) is 4.18 Å². The van der Waals surface area contributed by atoms with E-state index >= 15 is 0 Å². The highest BCUT2D eigenvalue weighted by Gasteiger charge is 2.27. The van der Waals surface area contributed by atoms with Crippen LogP contribution in [0.5, 0.6) is 0 Å². The van der Waals surface area contributed by atoms with E-state index in [4.69, 9.17) is 8.92 Å². The first-order valence-electron chi connectivity index (χ1n) is 4.51. The lowest BCUT2D eigenvalue weighted by Gasteiger charge is -2.07. The second-order valence-corrected chi connectivity index (χ2v) is 5.00. The van der Waals surface area contributed by atoms with E-state index in [9.17, 15) is 8.42 Å². The van der Waals surface area contributed by atoms with E-state index in [2.05, 4.69) is 6.92 Å². The third-order valence-corrected chi connectivity index (χ3v) is 2.59. The van der Waals surface area contributed by atoms with E-state index in [1.165, 1.54) is 0 Å². The second-order valence-electron chi connectivity index (χ2n) is 3.40. The lowest BCUT2D eigenvalue weighted by atomic mass is 10.1. The number of rotatable bonds is 4. The van der Waals surface area contributed by atoms with Gasteiger partial charge in [0, 0.05) is 6.42 Å². The Labute approximate surface area is 79.3 Å². The van der Waals surface area contributed by atoms with Gasteiger partial charge in [0.15, 0.2) is 0 Å². The molecule has 0 aliphatic carbocycles. The molecule has 2 unspecified atom stereocenters. The Hall–Kier alpha value is -0.130. The van der Waals surface area contributed by atoms with Crippen LogP contribution < -0.4 is 0 Å². The third kappa shape index (κ3) is 4.06. The van der Waals surface area contributed by atoms with Gasteiger partial charge in [0.25, 0.3) is 10.1 Å². The largest absolute Gasteiger partial charge is 0.375 e. The summed E-state index contributed by atoms with van der Waals surface area (Å²) in [5.74, 6) is 0. The van der Waals surface area contributed by atoms with E-state index in [-0.39, 0.29) is 12.2 Å². The van der Waals surface area contributed by atoms with Crippen molar-refractivity contribution in [2.24, 2.45) is 0 Å². The number of hydrogen-bond acceptors (Lipinski definition) is 4. The molecule has 0 radical (unpaired) electrons. The van der Waals surface area contributed by atoms with Crippen LogP contribution in [0.4, 0.5) is 0 Å². The molecule has 1 aliphatic rings. The topological polar surface area (TPSA) is 52.6 Å². The first kappa shape index (κ1) is 10.9. The molecule has 78 valence electrons. The molecule has 0 aromatic carbocycles. The van der Waals surface area contributed by atoms with E-state index in [0.717, 1.165) is 19.1 Å². The summed E-state index contributed by atoms with van der Waals surface area (Å²) in [6.07, 6.45) is 3.70. The van der Waals surface area contributed by atoms with Crippen molar-refractivity contribution < 1.29 is 17.3 Å². The highest BCUT2D eigenvalue weighted by molar-refractivity contribution is 7.86. The Morgan fingerprint density at radius 3 is 2.77 bits per heavy atom. The van der Waals surface area contributed by atoms with Crippen molar-refractivity contribution in [2.75, 3.05) is 12.9 Å². The summed E-state index contributed by atoms with van der Waals surface area (Å²) >= 11 is 0. The van der Waals surface area contributed by atoms with Crippen LogP contribution in [0.1, 0.15) is 26.2 Å². The summed E-state index contributed by atoms with van der Waals surface area (Å²) in [4.78, 5) is 0. The molecule has 0 amide bonds. The van der Waals surface area contributed by atoms with Gasteiger partial charge in [-0.05, 0) is 6.42 Å². The fourth-order valence-electron chi connectivity index (χ4n) is 1.51. The van der Waals surface area contributed by atoms with Gasteiger partial charge in [0.1, 0.15) is 6.10 Å². The maximum absolute atomic E-state index is 10.8. The lowest BCUT2D eigenvalue weighted by Crippen LogP contribution is -2.17. The fraction of sp³-hybridized carbons (Fsp3) is 1.00. The highest BCUT2D eigenvalue weighted by atomic mass is 32.2. The molecule has 2 atom stereocenters. The van der Waals surface area contributed by atoms with E-state index in [1.54, 1.807) is 0 Å². The van der Waals surface area contributed by atoms with Gasteiger partial charge in [-0.2, -0.15) is 8.42 Å². The lowest BCUT2D eigenvalue weighted by molar-refractivity contribution is 0.0899. The van der Waals surface area contributed by atoms with Crippen molar-refractivity contribution >= 4 is 10.1 Å². The Balaban J connectivity index is 2.33. The summed E-state index contributed by atoms with van der Waals surface area (Å²) in [5.41, 5.74) is 0. The van der Waals surface area contributed by atoms with Gasteiger partial charge < -0.3 is 4.74 Å². The fourth-order valence-corrected chi connectivity index (χ4v) is 2.14. The van der Waals surface area contributed by atoms with Gasteiger partial charge in [-0.25, -0.2) is 0 Å². The van der Waals surface area contributed by atoms with E-state index in [1.807, 2.05) is 0 Å². The van der Waals surface area contributed by atoms with Crippen molar-refractivity contribution in [2.45, 2.75) is 38.4 Å². The zero-order valence-corrected chi connectivity index (χ0v) is 8.84. The van der Waals surface area contributed by atoms with Crippen molar-refractivity contribution in [3.8, 4) is 0 Å². The molecule has 1 aliphatic heterocycles. The molecule has 0 spiro atoms. The minimum Gasteiger partial charge on any atom is -0.375 e. The summed E-state index contributed by atoms with van der Waals surface area (Å²) < 4.78 is 31.7. The molecular formula is C8H16O4S. The average Bonchev–Trinajstić information content (AvgIpc) is 2.33. The van der Waals surface area contributed by atoms with E-state index < -0.39 is 10.1 Å². The molecule has 0 bridgehead atoms. The summed E-state index contributed by atoms with van der Waals surface area (Å²) in [5, 5.41) is 0. The van der Waals surface area contributed by atoms with Crippen molar-refractivity contribution in [3.63, 3.8) is 0 Å². The molecule has 13 heavy (non-hydrogen) atoms. The zero-order valence-electron chi connectivity index (χ0n) is 8.02. The standard InChI is InChI=1S/C8H16O4S/c1-3-4-7-5-8(6-11-7)12-13(2,9)10/h7-8H,3-6H2,1-2H3. The third-order valence-electron chi connectivity index (χ3n) is 1.97.